The lowest BCUT2D eigenvalue weighted by Gasteiger charge is -2.19. The highest BCUT2D eigenvalue weighted by atomic mass is 32.2. The van der Waals surface area contributed by atoms with Crippen molar-refractivity contribution in [2.45, 2.75) is 23.6 Å². The van der Waals surface area contributed by atoms with Gasteiger partial charge in [-0.3, -0.25) is 4.79 Å². The Morgan fingerprint density at radius 1 is 0.933 bits per heavy atom. The second-order valence-electron chi connectivity index (χ2n) is 6.47. The van der Waals surface area contributed by atoms with Gasteiger partial charge in [0.25, 0.3) is 5.91 Å². The van der Waals surface area contributed by atoms with E-state index in [1.54, 1.807) is 19.9 Å². The van der Waals surface area contributed by atoms with Crippen molar-refractivity contribution in [2.75, 3.05) is 32.5 Å². The van der Waals surface area contributed by atoms with Gasteiger partial charge in [-0.15, -0.1) is 0 Å². The third kappa shape index (κ3) is 4.69. The number of carbonyl (C=O) groups excluding carboxylic acids is 1. The first-order valence-corrected chi connectivity index (χ1v) is 12.0. The zero-order chi connectivity index (χ0) is 22.7. The highest BCUT2D eigenvalue weighted by molar-refractivity contribution is 7.89. The predicted octanol–water partition coefficient (Wildman–Crippen LogP) is 2.36. The van der Waals surface area contributed by atoms with Crippen LogP contribution in [0.5, 0.6) is 0 Å². The Hall–Kier alpha value is -2.34. The number of rotatable bonds is 8. The molecule has 0 unspecified atom stereocenters. The van der Waals surface area contributed by atoms with E-state index in [9.17, 15) is 26.0 Å². The molecule has 11 heteroatoms. The predicted molar refractivity (Wildman–Crippen MR) is 112 cm³/mol. The summed E-state index contributed by atoms with van der Waals surface area (Å²) in [7, 11) is -5.24. The van der Waals surface area contributed by atoms with Crippen molar-refractivity contribution in [3.05, 3.63) is 53.8 Å². The maximum Gasteiger partial charge on any atom is 0.255 e. The van der Waals surface area contributed by atoms with Crippen LogP contribution in [-0.4, -0.2) is 58.5 Å². The van der Waals surface area contributed by atoms with Gasteiger partial charge in [0.2, 0.25) is 20.0 Å². The van der Waals surface area contributed by atoms with Crippen LogP contribution in [0, 0.1) is 5.82 Å². The second-order valence-corrected chi connectivity index (χ2v) is 10.5. The Balaban J connectivity index is 2.46. The molecular formula is C19H24FN3O5S2. The number of hydrogen-bond donors (Lipinski definition) is 1. The highest BCUT2D eigenvalue weighted by Crippen LogP contribution is 2.25. The summed E-state index contributed by atoms with van der Waals surface area (Å²) in [5.41, 5.74) is -0.104. The third-order valence-corrected chi connectivity index (χ3v) is 8.35. The van der Waals surface area contributed by atoms with E-state index in [-0.39, 0.29) is 29.2 Å². The molecule has 0 aliphatic heterocycles. The molecule has 0 radical (unpaired) electrons. The Morgan fingerprint density at radius 3 is 2.10 bits per heavy atom. The lowest BCUT2D eigenvalue weighted by atomic mass is 10.2. The van der Waals surface area contributed by atoms with E-state index in [0.29, 0.717) is 0 Å². The number of nitrogens with one attached hydrogen (secondary N) is 1. The number of nitrogens with zero attached hydrogens (tertiary/aromatic N) is 2. The maximum atomic E-state index is 14.3. The standard InChI is InChI=1S/C19H24FN3O5S2/c1-5-23(6-2)30(27,28)18-13-14(11-12-15(18)20)19(24)21-16-9-7-8-10-17(16)29(25,26)22(3)4/h7-13H,5-6H2,1-4H3,(H,21,24). The van der Waals surface area contributed by atoms with Crippen molar-refractivity contribution in [1.29, 1.82) is 0 Å². The lowest BCUT2D eigenvalue weighted by molar-refractivity contribution is 0.102. The van der Waals surface area contributed by atoms with E-state index in [0.717, 1.165) is 26.8 Å². The molecule has 0 saturated heterocycles. The first kappa shape index (κ1) is 23.9. The molecule has 2 rings (SSSR count). The number of hydrogen-bond acceptors (Lipinski definition) is 5. The molecule has 0 aromatic heterocycles. The Morgan fingerprint density at radius 2 is 1.53 bits per heavy atom. The van der Waals surface area contributed by atoms with Crippen molar-refractivity contribution in [3.8, 4) is 0 Å². The van der Waals surface area contributed by atoms with Gasteiger partial charge in [-0.25, -0.2) is 25.5 Å². The molecule has 30 heavy (non-hydrogen) atoms. The van der Waals surface area contributed by atoms with Gasteiger partial charge in [0, 0.05) is 32.7 Å². The third-order valence-electron chi connectivity index (χ3n) is 4.41. The molecule has 0 fully saturated rings. The normalized spacial score (nSPS) is 12.4. The number of benzene rings is 2. The molecular weight excluding hydrogens is 433 g/mol. The van der Waals surface area contributed by atoms with Crippen LogP contribution >= 0.6 is 0 Å². The number of halogens is 1. The number of para-hydroxylation sites is 1. The summed E-state index contributed by atoms with van der Waals surface area (Å²) in [6.07, 6.45) is 0. The molecule has 0 atom stereocenters. The van der Waals surface area contributed by atoms with Crippen LogP contribution in [0.1, 0.15) is 24.2 Å². The van der Waals surface area contributed by atoms with Crippen LogP contribution in [-0.2, 0) is 20.0 Å². The number of carbonyl (C=O) groups is 1. The molecule has 0 aliphatic carbocycles. The first-order valence-electron chi connectivity index (χ1n) is 9.09. The minimum atomic E-state index is -4.13. The number of anilines is 1. The quantitative estimate of drug-likeness (QED) is 0.655. The molecule has 0 saturated carbocycles. The molecule has 0 heterocycles. The molecule has 1 amide bonds. The van der Waals surface area contributed by atoms with E-state index >= 15 is 0 Å². The summed E-state index contributed by atoms with van der Waals surface area (Å²) < 4.78 is 66.7. The summed E-state index contributed by atoms with van der Waals surface area (Å²) in [4.78, 5) is 12.0. The van der Waals surface area contributed by atoms with E-state index in [2.05, 4.69) is 5.32 Å². The zero-order valence-electron chi connectivity index (χ0n) is 17.1. The summed E-state index contributed by atoms with van der Waals surface area (Å²) in [6.45, 7) is 3.53. The topological polar surface area (TPSA) is 104 Å². The summed E-state index contributed by atoms with van der Waals surface area (Å²) >= 11 is 0. The van der Waals surface area contributed by atoms with Crippen LogP contribution in [0.15, 0.2) is 52.3 Å². The Labute approximate surface area is 176 Å². The van der Waals surface area contributed by atoms with E-state index < -0.39 is 36.7 Å². The van der Waals surface area contributed by atoms with Gasteiger partial charge in [0.15, 0.2) is 0 Å². The maximum absolute atomic E-state index is 14.3. The fourth-order valence-corrected chi connectivity index (χ4v) is 5.32. The van der Waals surface area contributed by atoms with Crippen molar-refractivity contribution in [3.63, 3.8) is 0 Å². The van der Waals surface area contributed by atoms with Crippen LogP contribution in [0.3, 0.4) is 0 Å². The fourth-order valence-electron chi connectivity index (χ4n) is 2.73. The monoisotopic (exact) mass is 457 g/mol. The molecule has 2 aromatic rings. The number of sulfonamides is 2. The highest BCUT2D eigenvalue weighted by Gasteiger charge is 2.27. The zero-order valence-corrected chi connectivity index (χ0v) is 18.7. The first-order chi connectivity index (χ1) is 14.0. The van der Waals surface area contributed by atoms with E-state index in [1.807, 2.05) is 0 Å². The van der Waals surface area contributed by atoms with Crippen LogP contribution in [0.25, 0.3) is 0 Å². The van der Waals surface area contributed by atoms with Crippen molar-refractivity contribution in [2.24, 2.45) is 0 Å². The van der Waals surface area contributed by atoms with Gasteiger partial charge in [0.05, 0.1) is 5.69 Å². The second kappa shape index (κ2) is 9.21. The van der Waals surface area contributed by atoms with Gasteiger partial charge in [-0.1, -0.05) is 26.0 Å². The van der Waals surface area contributed by atoms with Gasteiger partial charge >= 0.3 is 0 Å². The van der Waals surface area contributed by atoms with E-state index in [1.165, 1.54) is 32.3 Å². The number of amides is 1. The molecule has 0 bridgehead atoms. The Bertz CT molecular complexity index is 1140. The molecule has 0 spiro atoms. The molecule has 8 nitrogen and oxygen atoms in total. The van der Waals surface area contributed by atoms with E-state index in [4.69, 9.17) is 0 Å². The van der Waals surface area contributed by atoms with Crippen molar-refractivity contribution < 1.29 is 26.0 Å². The smallest absolute Gasteiger partial charge is 0.255 e. The molecule has 0 aliphatic rings. The lowest BCUT2D eigenvalue weighted by Crippen LogP contribution is -2.31. The van der Waals surface area contributed by atoms with Gasteiger partial charge in [-0.05, 0) is 30.3 Å². The SMILES string of the molecule is CCN(CC)S(=O)(=O)c1cc(C(=O)Nc2ccccc2S(=O)(=O)N(C)C)ccc1F. The minimum Gasteiger partial charge on any atom is -0.321 e. The van der Waals surface area contributed by atoms with Gasteiger partial charge < -0.3 is 5.32 Å². The van der Waals surface area contributed by atoms with Gasteiger partial charge in [-0.2, -0.15) is 4.31 Å². The minimum absolute atomic E-state index is 0.0219. The largest absolute Gasteiger partial charge is 0.321 e. The fraction of sp³-hybridized carbons (Fsp3) is 0.316. The van der Waals surface area contributed by atoms with Crippen molar-refractivity contribution >= 4 is 31.6 Å². The summed E-state index contributed by atoms with van der Waals surface area (Å²) in [5, 5.41) is 2.47. The molecule has 1 N–H and O–H groups in total. The van der Waals surface area contributed by atoms with Gasteiger partial charge in [0.1, 0.15) is 15.6 Å². The summed E-state index contributed by atoms with van der Waals surface area (Å²) in [5.74, 6) is -1.75. The van der Waals surface area contributed by atoms with Crippen molar-refractivity contribution in [1.82, 2.24) is 8.61 Å². The summed E-state index contributed by atoms with van der Waals surface area (Å²) in [6, 6.07) is 8.78. The van der Waals surface area contributed by atoms with Crippen LogP contribution in [0.2, 0.25) is 0 Å². The molecule has 164 valence electrons. The van der Waals surface area contributed by atoms with Crippen LogP contribution < -0.4 is 5.32 Å². The van der Waals surface area contributed by atoms with Crippen LogP contribution in [0.4, 0.5) is 10.1 Å². The average Bonchev–Trinajstić information content (AvgIpc) is 2.69. The average molecular weight is 458 g/mol. The Kier molecular flexibility index (Phi) is 7.35. The molecule has 2 aromatic carbocycles.